The predicted octanol–water partition coefficient (Wildman–Crippen LogP) is 1.89. The molecule has 1 heterocycles. The number of carbonyl (C=O) groups is 2. The first-order chi connectivity index (χ1) is 6.70. The summed E-state index contributed by atoms with van der Waals surface area (Å²) in [5, 5.41) is 9.00. The minimum atomic E-state index is -0.958. The third-order valence-corrected chi connectivity index (χ3v) is 2.79. The predicted molar refractivity (Wildman–Crippen MR) is 52.3 cm³/mol. The average molecular weight is 199 g/mol. The quantitative estimate of drug-likeness (QED) is 0.706. The summed E-state index contributed by atoms with van der Waals surface area (Å²) in [5.41, 5.74) is 0. The molecule has 4 nitrogen and oxygen atoms in total. The molecule has 0 spiro atoms. The van der Waals surface area contributed by atoms with Gasteiger partial charge in [0.05, 0.1) is 6.04 Å². The molecule has 1 fully saturated rings. The number of hydrogen-bond acceptors (Lipinski definition) is 2. The number of aldehydes is 1. The minimum Gasteiger partial charge on any atom is -0.465 e. The lowest BCUT2D eigenvalue weighted by Crippen LogP contribution is -2.50. The Morgan fingerprint density at radius 2 is 2.29 bits per heavy atom. The van der Waals surface area contributed by atoms with Gasteiger partial charge in [0, 0.05) is 6.04 Å². The van der Waals surface area contributed by atoms with Crippen molar-refractivity contribution in [3.8, 4) is 0 Å². The van der Waals surface area contributed by atoms with Crippen LogP contribution in [-0.2, 0) is 4.79 Å². The SMILES string of the molecule is CCC[C@H]1CCC[C@@H](C=O)N1C(=O)O. The molecule has 0 aliphatic carbocycles. The first-order valence-corrected chi connectivity index (χ1v) is 5.17. The Kier molecular flexibility index (Phi) is 3.92. The maximum atomic E-state index is 11.0. The van der Waals surface area contributed by atoms with Gasteiger partial charge >= 0.3 is 6.09 Å². The van der Waals surface area contributed by atoms with E-state index in [1.165, 1.54) is 4.90 Å². The summed E-state index contributed by atoms with van der Waals surface area (Å²) in [6, 6.07) is -0.376. The van der Waals surface area contributed by atoms with Crippen molar-refractivity contribution >= 4 is 12.4 Å². The van der Waals surface area contributed by atoms with Crippen LogP contribution in [0.25, 0.3) is 0 Å². The third kappa shape index (κ3) is 2.25. The second kappa shape index (κ2) is 4.98. The Bertz CT molecular complexity index is 215. The molecule has 1 aliphatic heterocycles. The van der Waals surface area contributed by atoms with Gasteiger partial charge in [-0.15, -0.1) is 0 Å². The van der Waals surface area contributed by atoms with Crippen LogP contribution in [0.3, 0.4) is 0 Å². The number of amides is 1. The van der Waals surface area contributed by atoms with Crippen LogP contribution < -0.4 is 0 Å². The second-order valence-electron chi connectivity index (χ2n) is 3.77. The molecule has 80 valence electrons. The Morgan fingerprint density at radius 3 is 2.79 bits per heavy atom. The van der Waals surface area contributed by atoms with E-state index in [0.29, 0.717) is 6.42 Å². The van der Waals surface area contributed by atoms with Crippen LogP contribution in [0.4, 0.5) is 4.79 Å². The van der Waals surface area contributed by atoms with Gasteiger partial charge in [-0.25, -0.2) is 4.79 Å². The summed E-state index contributed by atoms with van der Waals surface area (Å²) >= 11 is 0. The molecular weight excluding hydrogens is 182 g/mol. The molecule has 0 aromatic rings. The van der Waals surface area contributed by atoms with Crippen molar-refractivity contribution in [1.29, 1.82) is 0 Å². The van der Waals surface area contributed by atoms with Crippen LogP contribution in [0.2, 0.25) is 0 Å². The van der Waals surface area contributed by atoms with E-state index in [1.54, 1.807) is 0 Å². The number of hydrogen-bond donors (Lipinski definition) is 1. The third-order valence-electron chi connectivity index (χ3n) is 2.79. The van der Waals surface area contributed by atoms with Crippen LogP contribution in [0.5, 0.6) is 0 Å². The molecule has 0 aromatic heterocycles. The summed E-state index contributed by atoms with van der Waals surface area (Å²) in [6.45, 7) is 2.03. The summed E-state index contributed by atoms with van der Waals surface area (Å²) in [6.07, 6.45) is 4.14. The Hall–Kier alpha value is -1.06. The summed E-state index contributed by atoms with van der Waals surface area (Å²) < 4.78 is 0. The molecule has 4 heteroatoms. The highest BCUT2D eigenvalue weighted by molar-refractivity contribution is 5.72. The van der Waals surface area contributed by atoms with Crippen LogP contribution in [0, 0.1) is 0 Å². The number of nitrogens with zero attached hydrogens (tertiary/aromatic N) is 1. The van der Waals surface area contributed by atoms with Crippen LogP contribution in [0.15, 0.2) is 0 Å². The Balaban J connectivity index is 2.72. The molecule has 0 unspecified atom stereocenters. The second-order valence-corrected chi connectivity index (χ2v) is 3.77. The fourth-order valence-corrected chi connectivity index (χ4v) is 2.16. The number of rotatable bonds is 3. The molecule has 1 amide bonds. The number of carboxylic acid groups (broad SMARTS) is 1. The van der Waals surface area contributed by atoms with E-state index in [-0.39, 0.29) is 6.04 Å². The number of carbonyl (C=O) groups excluding carboxylic acids is 1. The fraction of sp³-hybridized carbons (Fsp3) is 0.800. The maximum absolute atomic E-state index is 11.0. The van der Waals surface area contributed by atoms with Crippen molar-refractivity contribution in [2.45, 2.75) is 51.1 Å². The van der Waals surface area contributed by atoms with E-state index in [2.05, 4.69) is 0 Å². The maximum Gasteiger partial charge on any atom is 0.408 e. The van der Waals surface area contributed by atoms with Gasteiger partial charge in [0.15, 0.2) is 0 Å². The Morgan fingerprint density at radius 1 is 1.57 bits per heavy atom. The van der Waals surface area contributed by atoms with Crippen molar-refractivity contribution in [1.82, 2.24) is 4.90 Å². The van der Waals surface area contributed by atoms with E-state index in [4.69, 9.17) is 5.11 Å². The average Bonchev–Trinajstić information content (AvgIpc) is 2.17. The highest BCUT2D eigenvalue weighted by atomic mass is 16.4. The molecule has 1 aliphatic rings. The summed E-state index contributed by atoms with van der Waals surface area (Å²) in [4.78, 5) is 23.0. The van der Waals surface area contributed by atoms with Crippen LogP contribution in [0.1, 0.15) is 39.0 Å². The van der Waals surface area contributed by atoms with Gasteiger partial charge in [-0.2, -0.15) is 0 Å². The number of piperidine rings is 1. The van der Waals surface area contributed by atoms with Gasteiger partial charge in [-0.1, -0.05) is 13.3 Å². The van der Waals surface area contributed by atoms with Crippen molar-refractivity contribution in [3.05, 3.63) is 0 Å². The van der Waals surface area contributed by atoms with Gasteiger partial charge in [0.25, 0.3) is 0 Å². The van der Waals surface area contributed by atoms with E-state index < -0.39 is 12.1 Å². The van der Waals surface area contributed by atoms with Gasteiger partial charge in [0.2, 0.25) is 0 Å². The lowest BCUT2D eigenvalue weighted by atomic mass is 9.94. The molecule has 14 heavy (non-hydrogen) atoms. The normalized spacial score (nSPS) is 27.4. The van der Waals surface area contributed by atoms with Gasteiger partial charge in [-0.05, 0) is 25.7 Å². The largest absolute Gasteiger partial charge is 0.465 e. The molecule has 0 bridgehead atoms. The summed E-state index contributed by atoms with van der Waals surface area (Å²) in [5.74, 6) is 0. The smallest absolute Gasteiger partial charge is 0.408 e. The lowest BCUT2D eigenvalue weighted by molar-refractivity contribution is -0.114. The summed E-state index contributed by atoms with van der Waals surface area (Å²) in [7, 11) is 0. The van der Waals surface area contributed by atoms with Gasteiger partial charge in [-0.3, -0.25) is 4.90 Å². The fourth-order valence-electron chi connectivity index (χ4n) is 2.16. The van der Waals surface area contributed by atoms with Crippen molar-refractivity contribution < 1.29 is 14.7 Å². The first-order valence-electron chi connectivity index (χ1n) is 5.17. The minimum absolute atomic E-state index is 0.0430. The van der Waals surface area contributed by atoms with E-state index in [1.807, 2.05) is 6.92 Å². The van der Waals surface area contributed by atoms with Crippen molar-refractivity contribution in [2.75, 3.05) is 0 Å². The first kappa shape index (κ1) is 11.0. The van der Waals surface area contributed by atoms with Gasteiger partial charge in [0.1, 0.15) is 6.29 Å². The van der Waals surface area contributed by atoms with Crippen LogP contribution in [-0.4, -0.2) is 34.5 Å². The van der Waals surface area contributed by atoms with Crippen molar-refractivity contribution in [3.63, 3.8) is 0 Å². The van der Waals surface area contributed by atoms with Gasteiger partial charge < -0.3 is 9.90 Å². The lowest BCUT2D eigenvalue weighted by Gasteiger charge is -2.37. The highest BCUT2D eigenvalue weighted by Gasteiger charge is 2.33. The van der Waals surface area contributed by atoms with Crippen molar-refractivity contribution in [2.24, 2.45) is 0 Å². The molecule has 1 N–H and O–H groups in total. The molecule has 0 saturated carbocycles. The number of likely N-dealkylation sites (tertiary alicyclic amines) is 1. The zero-order chi connectivity index (χ0) is 10.6. The molecule has 0 aromatic carbocycles. The van der Waals surface area contributed by atoms with E-state index >= 15 is 0 Å². The monoisotopic (exact) mass is 199 g/mol. The van der Waals surface area contributed by atoms with E-state index in [9.17, 15) is 9.59 Å². The highest BCUT2D eigenvalue weighted by Crippen LogP contribution is 2.24. The molecule has 0 radical (unpaired) electrons. The standard InChI is InChI=1S/C10H17NO3/c1-2-4-8-5-3-6-9(7-12)11(8)10(13)14/h7-9H,2-6H2,1H3,(H,13,14)/t8-,9-/m0/s1. The molecule has 1 saturated heterocycles. The van der Waals surface area contributed by atoms with Crippen LogP contribution >= 0.6 is 0 Å². The molecule has 1 rings (SSSR count). The Labute approximate surface area is 83.9 Å². The zero-order valence-corrected chi connectivity index (χ0v) is 8.48. The molecular formula is C10H17NO3. The zero-order valence-electron chi connectivity index (χ0n) is 8.48. The van der Waals surface area contributed by atoms with E-state index in [0.717, 1.165) is 32.0 Å². The topological polar surface area (TPSA) is 57.6 Å². The molecule has 2 atom stereocenters.